The van der Waals surface area contributed by atoms with E-state index < -0.39 is 6.10 Å². The number of hydrogen-bond acceptors (Lipinski definition) is 4. The minimum absolute atomic E-state index is 0.123. The third-order valence-electron chi connectivity index (χ3n) is 4.07. The molecule has 0 aliphatic rings. The first-order chi connectivity index (χ1) is 12.4. The fourth-order valence-corrected chi connectivity index (χ4v) is 3.00. The largest absolute Gasteiger partial charge is 0.481 e. The normalized spacial score (nSPS) is 12.0. The first-order valence-electron chi connectivity index (χ1n) is 8.33. The summed E-state index contributed by atoms with van der Waals surface area (Å²) in [6.07, 6.45) is -0.595. The summed E-state index contributed by atoms with van der Waals surface area (Å²) >= 11 is 3.38. The van der Waals surface area contributed by atoms with Crippen LogP contribution in [0.3, 0.4) is 0 Å². The van der Waals surface area contributed by atoms with E-state index >= 15 is 0 Å². The zero-order valence-corrected chi connectivity index (χ0v) is 16.5. The van der Waals surface area contributed by atoms with Gasteiger partial charge in [-0.2, -0.15) is 0 Å². The molecule has 26 heavy (non-hydrogen) atoms. The van der Waals surface area contributed by atoms with Crippen molar-refractivity contribution in [2.45, 2.75) is 26.5 Å². The van der Waals surface area contributed by atoms with Gasteiger partial charge in [0, 0.05) is 22.6 Å². The zero-order valence-electron chi connectivity index (χ0n) is 14.9. The summed E-state index contributed by atoms with van der Waals surface area (Å²) < 4.78 is 6.69. The van der Waals surface area contributed by atoms with Gasteiger partial charge >= 0.3 is 0 Å². The molecule has 5 nitrogen and oxygen atoms in total. The molecule has 0 fully saturated rings. The van der Waals surface area contributed by atoms with Gasteiger partial charge in [-0.05, 0) is 44.2 Å². The van der Waals surface area contributed by atoms with Crippen LogP contribution in [0, 0.1) is 6.92 Å². The van der Waals surface area contributed by atoms with Crippen LogP contribution in [0.25, 0.3) is 10.9 Å². The van der Waals surface area contributed by atoms with Crippen molar-refractivity contribution in [3.8, 4) is 5.75 Å². The van der Waals surface area contributed by atoms with Gasteiger partial charge in [0.15, 0.2) is 6.10 Å². The molecule has 6 heteroatoms. The summed E-state index contributed by atoms with van der Waals surface area (Å²) in [6, 6.07) is 15.3. The Hall–Kier alpha value is -2.47. The zero-order chi connectivity index (χ0) is 18.7. The maximum absolute atomic E-state index is 12.6. The Labute approximate surface area is 161 Å². The maximum atomic E-state index is 12.6. The Morgan fingerprint density at radius 3 is 2.58 bits per heavy atom. The predicted octanol–water partition coefficient (Wildman–Crippen LogP) is 4.13. The molecule has 0 saturated heterocycles. The van der Waals surface area contributed by atoms with Crippen LogP contribution in [0.2, 0.25) is 0 Å². The number of hydrogen-bond donors (Lipinski definition) is 0. The molecule has 2 aromatic carbocycles. The number of carbonyl (C=O) groups excluding carboxylic acids is 1. The monoisotopic (exact) mass is 413 g/mol. The number of nitrogens with zero attached hydrogens (tertiary/aromatic N) is 3. The molecule has 134 valence electrons. The Bertz CT molecular complexity index is 928. The average molecular weight is 414 g/mol. The molecule has 0 aliphatic heterocycles. The quantitative estimate of drug-likeness (QED) is 0.630. The SMILES string of the molecule is Cc1nc(CN(C)C(=O)C(C)Oc2ccc(Br)cc2)nc2ccccc12. The van der Waals surface area contributed by atoms with E-state index in [1.54, 1.807) is 18.9 Å². The standard InChI is InChI=1S/C20H20BrN3O2/c1-13-17-6-4-5-7-18(17)23-19(22-13)12-24(3)20(25)14(2)26-16-10-8-15(21)9-11-16/h4-11,14H,12H2,1-3H3. The highest BCUT2D eigenvalue weighted by molar-refractivity contribution is 9.10. The molecule has 1 aromatic heterocycles. The third kappa shape index (κ3) is 4.19. The summed E-state index contributed by atoms with van der Waals surface area (Å²) in [7, 11) is 1.73. The van der Waals surface area contributed by atoms with E-state index in [0.717, 1.165) is 21.1 Å². The number of likely N-dealkylation sites (N-methyl/N-ethyl adjacent to an activating group) is 1. The van der Waals surface area contributed by atoms with Gasteiger partial charge in [0.25, 0.3) is 5.91 Å². The third-order valence-corrected chi connectivity index (χ3v) is 4.60. The van der Waals surface area contributed by atoms with Gasteiger partial charge in [-0.15, -0.1) is 0 Å². The van der Waals surface area contributed by atoms with E-state index in [-0.39, 0.29) is 5.91 Å². The van der Waals surface area contributed by atoms with E-state index in [2.05, 4.69) is 25.9 Å². The van der Waals surface area contributed by atoms with Crippen LogP contribution in [-0.4, -0.2) is 33.9 Å². The van der Waals surface area contributed by atoms with Crippen molar-refractivity contribution >= 4 is 32.7 Å². The maximum Gasteiger partial charge on any atom is 0.263 e. The lowest BCUT2D eigenvalue weighted by Gasteiger charge is -2.22. The number of para-hydroxylation sites is 1. The molecule has 1 amide bonds. The second-order valence-corrected chi connectivity index (χ2v) is 7.07. The second-order valence-electron chi connectivity index (χ2n) is 6.15. The molecule has 3 rings (SSSR count). The Kier molecular flexibility index (Phi) is 5.52. The lowest BCUT2D eigenvalue weighted by atomic mass is 10.2. The van der Waals surface area contributed by atoms with Gasteiger partial charge in [0.1, 0.15) is 11.6 Å². The van der Waals surface area contributed by atoms with Crippen molar-refractivity contribution in [3.05, 3.63) is 64.5 Å². The van der Waals surface area contributed by atoms with E-state index in [9.17, 15) is 4.79 Å². The van der Waals surface area contributed by atoms with Crippen molar-refractivity contribution in [3.63, 3.8) is 0 Å². The van der Waals surface area contributed by atoms with Gasteiger partial charge in [-0.25, -0.2) is 9.97 Å². The Morgan fingerprint density at radius 2 is 1.85 bits per heavy atom. The van der Waals surface area contributed by atoms with E-state index in [1.807, 2.05) is 55.5 Å². The number of ether oxygens (including phenoxy) is 1. The highest BCUT2D eigenvalue weighted by Gasteiger charge is 2.20. The number of benzene rings is 2. The van der Waals surface area contributed by atoms with Crippen molar-refractivity contribution < 1.29 is 9.53 Å². The smallest absolute Gasteiger partial charge is 0.263 e. The van der Waals surface area contributed by atoms with Crippen molar-refractivity contribution in [2.24, 2.45) is 0 Å². The summed E-state index contributed by atoms with van der Waals surface area (Å²) in [4.78, 5) is 23.3. The number of aromatic nitrogens is 2. The van der Waals surface area contributed by atoms with Crippen molar-refractivity contribution in [1.29, 1.82) is 0 Å². The first kappa shape index (κ1) is 18.3. The predicted molar refractivity (Wildman–Crippen MR) is 105 cm³/mol. The van der Waals surface area contributed by atoms with Crippen LogP contribution >= 0.6 is 15.9 Å². The lowest BCUT2D eigenvalue weighted by molar-refractivity contribution is -0.137. The summed E-state index contributed by atoms with van der Waals surface area (Å²) in [6.45, 7) is 4.03. The molecule has 1 atom stereocenters. The lowest BCUT2D eigenvalue weighted by Crippen LogP contribution is -2.37. The molecule has 0 aliphatic carbocycles. The number of halogens is 1. The molecule has 1 unspecified atom stereocenters. The van der Waals surface area contributed by atoms with Gasteiger partial charge in [0.2, 0.25) is 0 Å². The van der Waals surface area contributed by atoms with Crippen molar-refractivity contribution in [1.82, 2.24) is 14.9 Å². The van der Waals surface area contributed by atoms with Crippen molar-refractivity contribution in [2.75, 3.05) is 7.05 Å². The second kappa shape index (κ2) is 7.83. The van der Waals surface area contributed by atoms with Gasteiger partial charge in [0.05, 0.1) is 12.1 Å². The highest BCUT2D eigenvalue weighted by Crippen LogP contribution is 2.18. The summed E-state index contributed by atoms with van der Waals surface area (Å²) in [5, 5.41) is 1.03. The van der Waals surface area contributed by atoms with Crippen LogP contribution in [0.1, 0.15) is 18.4 Å². The highest BCUT2D eigenvalue weighted by atomic mass is 79.9. The molecule has 0 N–H and O–H groups in total. The molecule has 1 heterocycles. The van der Waals surface area contributed by atoms with Crippen LogP contribution in [-0.2, 0) is 11.3 Å². The van der Waals surface area contributed by atoms with Crippen LogP contribution in [0.4, 0.5) is 0 Å². The molecule has 0 bridgehead atoms. The number of aryl methyl sites for hydroxylation is 1. The fraction of sp³-hybridized carbons (Fsp3) is 0.250. The molecule has 0 radical (unpaired) electrons. The summed E-state index contributed by atoms with van der Waals surface area (Å²) in [5.74, 6) is 1.15. The Morgan fingerprint density at radius 1 is 1.15 bits per heavy atom. The molecule has 0 saturated carbocycles. The minimum Gasteiger partial charge on any atom is -0.481 e. The van der Waals surface area contributed by atoms with Crippen LogP contribution in [0.5, 0.6) is 5.75 Å². The number of carbonyl (C=O) groups is 1. The van der Waals surface area contributed by atoms with Crippen LogP contribution in [0.15, 0.2) is 53.0 Å². The summed E-state index contributed by atoms with van der Waals surface area (Å²) in [5.41, 5.74) is 1.79. The molecular weight excluding hydrogens is 394 g/mol. The van der Waals surface area contributed by atoms with Gasteiger partial charge in [-0.3, -0.25) is 4.79 Å². The fourth-order valence-electron chi connectivity index (χ4n) is 2.73. The van der Waals surface area contributed by atoms with Crippen LogP contribution < -0.4 is 4.74 Å². The molecule has 3 aromatic rings. The van der Waals surface area contributed by atoms with E-state index in [0.29, 0.717) is 18.1 Å². The number of fused-ring (bicyclic) bond motifs is 1. The first-order valence-corrected chi connectivity index (χ1v) is 9.13. The van der Waals surface area contributed by atoms with Gasteiger partial charge < -0.3 is 9.64 Å². The Balaban J connectivity index is 1.69. The topological polar surface area (TPSA) is 55.3 Å². The number of rotatable bonds is 5. The average Bonchev–Trinajstić information content (AvgIpc) is 2.63. The van der Waals surface area contributed by atoms with E-state index in [4.69, 9.17) is 4.74 Å². The van der Waals surface area contributed by atoms with E-state index in [1.165, 1.54) is 0 Å². The van der Waals surface area contributed by atoms with Gasteiger partial charge in [-0.1, -0.05) is 34.1 Å². The molecule has 0 spiro atoms. The molecular formula is C20H20BrN3O2. The minimum atomic E-state index is -0.595. The number of amides is 1.